The predicted molar refractivity (Wildman–Crippen MR) is 106 cm³/mol. The minimum absolute atomic E-state index is 0.166. The third kappa shape index (κ3) is 6.39. The number of hydrogen-bond donors (Lipinski definition) is 1. The van der Waals surface area contributed by atoms with Gasteiger partial charge < -0.3 is 10.1 Å². The number of halogens is 1. The van der Waals surface area contributed by atoms with Crippen molar-refractivity contribution in [2.45, 2.75) is 31.7 Å². The van der Waals surface area contributed by atoms with E-state index in [4.69, 9.17) is 16.3 Å². The number of carbonyl (C=O) groups excluding carboxylic acids is 2. The lowest BCUT2D eigenvalue weighted by molar-refractivity contribution is -0.146. The van der Waals surface area contributed by atoms with Crippen LogP contribution < -0.4 is 5.32 Å². The number of carbonyl (C=O) groups is 2. The zero-order valence-corrected chi connectivity index (χ0v) is 16.6. The Hall–Kier alpha value is -1.98. The Balaban J connectivity index is 1.74. The van der Waals surface area contributed by atoms with Crippen LogP contribution in [0.15, 0.2) is 47.4 Å². The lowest BCUT2D eigenvalue weighted by Gasteiger charge is -2.14. The maximum absolute atomic E-state index is 11.9. The van der Waals surface area contributed by atoms with Crippen LogP contribution in [0.2, 0.25) is 5.02 Å². The summed E-state index contributed by atoms with van der Waals surface area (Å²) in [4.78, 5) is 24.8. The van der Waals surface area contributed by atoms with Gasteiger partial charge in [0.15, 0.2) is 6.61 Å². The maximum atomic E-state index is 11.9. The van der Waals surface area contributed by atoms with Gasteiger partial charge in [-0.05, 0) is 61.7 Å². The fourth-order valence-corrected chi connectivity index (χ4v) is 3.27. The Morgan fingerprint density at radius 1 is 1.15 bits per heavy atom. The third-order valence-corrected chi connectivity index (χ3v) is 5.13. The highest BCUT2D eigenvalue weighted by molar-refractivity contribution is 8.00. The highest BCUT2D eigenvalue weighted by Crippen LogP contribution is 2.21. The second-order valence-electron chi connectivity index (χ2n) is 6.04. The van der Waals surface area contributed by atoms with E-state index in [-0.39, 0.29) is 24.3 Å². The summed E-state index contributed by atoms with van der Waals surface area (Å²) >= 11 is 7.34. The van der Waals surface area contributed by atoms with Crippen LogP contribution in [0.4, 0.5) is 0 Å². The van der Waals surface area contributed by atoms with E-state index in [9.17, 15) is 9.59 Å². The summed E-state index contributed by atoms with van der Waals surface area (Å²) in [5.74, 6) is -0.597. The summed E-state index contributed by atoms with van der Waals surface area (Å²) in [6.07, 6.45) is 0. The molecule has 2 aromatic carbocycles. The molecular weight excluding hydrogens is 370 g/mol. The number of thioether (sulfide) groups is 1. The van der Waals surface area contributed by atoms with Gasteiger partial charge in [-0.3, -0.25) is 9.59 Å². The molecule has 0 aliphatic heterocycles. The zero-order valence-electron chi connectivity index (χ0n) is 15.0. The quantitative estimate of drug-likeness (QED) is 0.558. The lowest BCUT2D eigenvalue weighted by atomic mass is 10.1. The van der Waals surface area contributed by atoms with E-state index in [1.807, 2.05) is 51.1 Å². The Bertz CT molecular complexity index is 794. The molecule has 0 unspecified atom stereocenters. The Labute approximate surface area is 163 Å². The van der Waals surface area contributed by atoms with E-state index in [1.165, 1.54) is 22.9 Å². The maximum Gasteiger partial charge on any atom is 0.316 e. The van der Waals surface area contributed by atoms with Crippen molar-refractivity contribution in [3.63, 3.8) is 0 Å². The number of ether oxygens (including phenoxy) is 1. The summed E-state index contributed by atoms with van der Waals surface area (Å²) in [6, 6.07) is 13.1. The van der Waals surface area contributed by atoms with Crippen LogP contribution in [0.25, 0.3) is 0 Å². The molecule has 0 spiro atoms. The summed E-state index contributed by atoms with van der Waals surface area (Å²) in [5.41, 5.74) is 3.28. The molecule has 1 atom stereocenters. The highest BCUT2D eigenvalue weighted by atomic mass is 35.5. The van der Waals surface area contributed by atoms with E-state index >= 15 is 0 Å². The minimum atomic E-state index is -0.418. The van der Waals surface area contributed by atoms with Crippen LogP contribution in [0, 0.1) is 13.8 Å². The van der Waals surface area contributed by atoms with Crippen molar-refractivity contribution >= 4 is 35.2 Å². The Morgan fingerprint density at radius 3 is 2.62 bits per heavy atom. The third-order valence-electron chi connectivity index (χ3n) is 3.93. The van der Waals surface area contributed by atoms with E-state index in [1.54, 1.807) is 12.1 Å². The summed E-state index contributed by atoms with van der Waals surface area (Å²) < 4.78 is 5.04. The topological polar surface area (TPSA) is 55.4 Å². The molecule has 1 amide bonds. The van der Waals surface area contributed by atoms with Crippen molar-refractivity contribution in [1.29, 1.82) is 0 Å². The van der Waals surface area contributed by atoms with Gasteiger partial charge in [-0.15, -0.1) is 11.8 Å². The number of nitrogens with one attached hydrogen (secondary N) is 1. The number of benzene rings is 2. The summed E-state index contributed by atoms with van der Waals surface area (Å²) in [6.45, 7) is 5.63. The van der Waals surface area contributed by atoms with Gasteiger partial charge in [-0.1, -0.05) is 29.8 Å². The molecule has 26 heavy (non-hydrogen) atoms. The first-order valence-electron chi connectivity index (χ1n) is 8.25. The van der Waals surface area contributed by atoms with Gasteiger partial charge in [0.25, 0.3) is 5.91 Å². The molecule has 0 radical (unpaired) electrons. The van der Waals surface area contributed by atoms with Crippen LogP contribution in [-0.2, 0) is 14.3 Å². The van der Waals surface area contributed by atoms with Gasteiger partial charge in [0.2, 0.25) is 0 Å². The minimum Gasteiger partial charge on any atom is -0.455 e. The van der Waals surface area contributed by atoms with E-state index in [2.05, 4.69) is 5.32 Å². The monoisotopic (exact) mass is 391 g/mol. The normalized spacial score (nSPS) is 11.7. The first-order chi connectivity index (χ1) is 12.3. The van der Waals surface area contributed by atoms with Crippen molar-refractivity contribution in [1.82, 2.24) is 5.32 Å². The Morgan fingerprint density at radius 2 is 1.92 bits per heavy atom. The number of hydrogen-bond acceptors (Lipinski definition) is 4. The van der Waals surface area contributed by atoms with Gasteiger partial charge in [0, 0.05) is 9.92 Å². The molecule has 0 aliphatic carbocycles. The molecule has 0 fully saturated rings. The molecule has 4 nitrogen and oxygen atoms in total. The molecule has 1 N–H and O–H groups in total. The van der Waals surface area contributed by atoms with Gasteiger partial charge in [0.05, 0.1) is 11.8 Å². The first kappa shape index (κ1) is 20.3. The number of amides is 1. The number of aryl methyl sites for hydroxylation is 2. The second kappa shape index (κ2) is 9.64. The standard InChI is InChI=1S/C20H22ClNO3S/c1-13-7-8-18(9-14(13)2)26-12-20(24)25-11-19(23)22-15(3)16-5-4-6-17(21)10-16/h4-10,15H,11-12H2,1-3H3,(H,22,23)/t15-/m0/s1. The first-order valence-corrected chi connectivity index (χ1v) is 9.62. The van der Waals surface area contributed by atoms with Crippen LogP contribution >= 0.6 is 23.4 Å². The highest BCUT2D eigenvalue weighted by Gasteiger charge is 2.12. The molecule has 6 heteroatoms. The van der Waals surface area contributed by atoms with E-state index in [0.717, 1.165) is 10.5 Å². The van der Waals surface area contributed by atoms with Gasteiger partial charge in [-0.25, -0.2) is 0 Å². The lowest BCUT2D eigenvalue weighted by Crippen LogP contribution is -2.31. The molecule has 138 valence electrons. The van der Waals surface area contributed by atoms with Crippen LogP contribution in [0.3, 0.4) is 0 Å². The van der Waals surface area contributed by atoms with Crippen molar-refractivity contribution < 1.29 is 14.3 Å². The van der Waals surface area contributed by atoms with Crippen LogP contribution in [0.5, 0.6) is 0 Å². The van der Waals surface area contributed by atoms with Crippen LogP contribution in [-0.4, -0.2) is 24.2 Å². The largest absolute Gasteiger partial charge is 0.455 e. The van der Waals surface area contributed by atoms with Crippen molar-refractivity contribution in [3.8, 4) is 0 Å². The van der Waals surface area contributed by atoms with Crippen molar-refractivity contribution in [2.24, 2.45) is 0 Å². The molecule has 0 aromatic heterocycles. The average Bonchev–Trinajstić information content (AvgIpc) is 2.61. The predicted octanol–water partition coefficient (Wildman–Crippen LogP) is 4.47. The molecule has 2 aromatic rings. The van der Waals surface area contributed by atoms with Crippen LogP contribution in [0.1, 0.15) is 29.7 Å². The summed E-state index contributed by atoms with van der Waals surface area (Å²) in [5, 5.41) is 3.39. The number of rotatable bonds is 7. The van der Waals surface area contributed by atoms with Gasteiger partial charge >= 0.3 is 5.97 Å². The van der Waals surface area contributed by atoms with Gasteiger partial charge in [0.1, 0.15) is 0 Å². The fourth-order valence-electron chi connectivity index (χ4n) is 2.28. The van der Waals surface area contributed by atoms with Gasteiger partial charge in [-0.2, -0.15) is 0 Å². The average molecular weight is 392 g/mol. The molecule has 0 aliphatic rings. The smallest absolute Gasteiger partial charge is 0.316 e. The second-order valence-corrected chi connectivity index (χ2v) is 7.52. The molecular formula is C20H22ClNO3S. The van der Waals surface area contributed by atoms with Crippen molar-refractivity contribution in [3.05, 3.63) is 64.2 Å². The molecule has 0 saturated heterocycles. The van der Waals surface area contributed by atoms with E-state index in [0.29, 0.717) is 5.02 Å². The van der Waals surface area contributed by atoms with E-state index < -0.39 is 5.97 Å². The molecule has 0 saturated carbocycles. The SMILES string of the molecule is Cc1ccc(SCC(=O)OCC(=O)N[C@@H](C)c2cccc(Cl)c2)cc1C. The molecule has 0 bridgehead atoms. The Kier molecular flexibility index (Phi) is 7.54. The summed E-state index contributed by atoms with van der Waals surface area (Å²) in [7, 11) is 0. The number of esters is 1. The fraction of sp³-hybridized carbons (Fsp3) is 0.300. The zero-order chi connectivity index (χ0) is 19.1. The molecule has 0 heterocycles. The van der Waals surface area contributed by atoms with Crippen molar-refractivity contribution in [2.75, 3.05) is 12.4 Å². The molecule has 2 rings (SSSR count).